The van der Waals surface area contributed by atoms with Crippen LogP contribution in [0.2, 0.25) is 0 Å². The molecule has 18 heavy (non-hydrogen) atoms. The SMILES string of the molecule is Cc1[nH]c2c(C)cccc2c1CN1CCNCC1. The number of hydrogen-bond donors (Lipinski definition) is 2. The lowest BCUT2D eigenvalue weighted by Gasteiger charge is -2.27. The molecule has 0 saturated carbocycles. The summed E-state index contributed by atoms with van der Waals surface area (Å²) in [5, 5.41) is 4.80. The number of para-hydroxylation sites is 1. The van der Waals surface area contributed by atoms with Crippen molar-refractivity contribution in [3.63, 3.8) is 0 Å². The number of nitrogens with one attached hydrogen (secondary N) is 2. The number of nitrogens with zero attached hydrogens (tertiary/aromatic N) is 1. The molecule has 0 spiro atoms. The van der Waals surface area contributed by atoms with Crippen molar-refractivity contribution < 1.29 is 0 Å². The summed E-state index contributed by atoms with van der Waals surface area (Å²) in [5.74, 6) is 0. The normalized spacial score (nSPS) is 17.4. The maximum atomic E-state index is 3.54. The summed E-state index contributed by atoms with van der Waals surface area (Å²) >= 11 is 0. The minimum Gasteiger partial charge on any atom is -0.358 e. The number of H-pyrrole nitrogens is 1. The van der Waals surface area contributed by atoms with Crippen LogP contribution in [0.15, 0.2) is 18.2 Å². The average molecular weight is 243 g/mol. The maximum Gasteiger partial charge on any atom is 0.0489 e. The van der Waals surface area contributed by atoms with Crippen molar-refractivity contribution >= 4 is 10.9 Å². The maximum absolute atomic E-state index is 3.54. The van der Waals surface area contributed by atoms with Crippen LogP contribution in [0.3, 0.4) is 0 Å². The van der Waals surface area contributed by atoms with Crippen LogP contribution in [-0.4, -0.2) is 36.1 Å². The fourth-order valence-electron chi connectivity index (χ4n) is 2.85. The van der Waals surface area contributed by atoms with Gasteiger partial charge in [-0.25, -0.2) is 0 Å². The van der Waals surface area contributed by atoms with Gasteiger partial charge in [0, 0.05) is 49.3 Å². The first-order valence-electron chi connectivity index (χ1n) is 6.75. The van der Waals surface area contributed by atoms with Gasteiger partial charge in [0.2, 0.25) is 0 Å². The highest BCUT2D eigenvalue weighted by atomic mass is 15.2. The van der Waals surface area contributed by atoms with E-state index < -0.39 is 0 Å². The molecule has 2 N–H and O–H groups in total. The molecular weight excluding hydrogens is 222 g/mol. The molecule has 96 valence electrons. The van der Waals surface area contributed by atoms with Crippen molar-refractivity contribution in [3.8, 4) is 0 Å². The second-order valence-corrected chi connectivity index (χ2v) is 5.25. The van der Waals surface area contributed by atoms with Gasteiger partial charge in [-0.2, -0.15) is 0 Å². The smallest absolute Gasteiger partial charge is 0.0489 e. The standard InChI is InChI=1S/C15H21N3/c1-11-4-3-5-13-14(12(2)17-15(11)13)10-18-8-6-16-7-9-18/h3-5,16-17H,6-10H2,1-2H3. The minimum absolute atomic E-state index is 1.07. The average Bonchev–Trinajstić information content (AvgIpc) is 2.70. The van der Waals surface area contributed by atoms with Crippen molar-refractivity contribution in [1.29, 1.82) is 0 Å². The molecule has 0 amide bonds. The number of aryl methyl sites for hydroxylation is 2. The van der Waals surface area contributed by atoms with Crippen LogP contribution in [0.25, 0.3) is 10.9 Å². The first-order chi connectivity index (χ1) is 8.75. The molecule has 0 radical (unpaired) electrons. The van der Waals surface area contributed by atoms with E-state index >= 15 is 0 Å². The third kappa shape index (κ3) is 2.04. The van der Waals surface area contributed by atoms with Crippen LogP contribution >= 0.6 is 0 Å². The number of hydrogen-bond acceptors (Lipinski definition) is 2. The Labute approximate surface area is 108 Å². The zero-order valence-corrected chi connectivity index (χ0v) is 11.2. The molecule has 2 heterocycles. The highest BCUT2D eigenvalue weighted by Gasteiger charge is 2.15. The summed E-state index contributed by atoms with van der Waals surface area (Å²) in [6, 6.07) is 6.57. The van der Waals surface area contributed by atoms with Gasteiger partial charge in [0.15, 0.2) is 0 Å². The van der Waals surface area contributed by atoms with Gasteiger partial charge in [0.25, 0.3) is 0 Å². The molecule has 1 saturated heterocycles. The largest absolute Gasteiger partial charge is 0.358 e. The lowest BCUT2D eigenvalue weighted by atomic mass is 10.1. The van der Waals surface area contributed by atoms with Crippen molar-refractivity contribution in [2.24, 2.45) is 0 Å². The fraction of sp³-hybridized carbons (Fsp3) is 0.467. The zero-order chi connectivity index (χ0) is 12.5. The summed E-state index contributed by atoms with van der Waals surface area (Å²) in [4.78, 5) is 6.08. The van der Waals surface area contributed by atoms with Crippen molar-refractivity contribution in [3.05, 3.63) is 35.0 Å². The van der Waals surface area contributed by atoms with Gasteiger partial charge in [-0.05, 0) is 25.0 Å². The van der Waals surface area contributed by atoms with Gasteiger partial charge < -0.3 is 10.3 Å². The van der Waals surface area contributed by atoms with Crippen molar-refractivity contribution in [2.45, 2.75) is 20.4 Å². The summed E-state index contributed by atoms with van der Waals surface area (Å²) in [5.41, 5.74) is 5.43. The second kappa shape index (κ2) is 4.75. The predicted molar refractivity (Wildman–Crippen MR) is 75.9 cm³/mol. The predicted octanol–water partition coefficient (Wildman–Crippen LogP) is 2.19. The molecule has 3 nitrogen and oxygen atoms in total. The third-order valence-electron chi connectivity index (χ3n) is 3.95. The molecule has 1 aliphatic rings. The number of aromatic amines is 1. The van der Waals surface area contributed by atoms with E-state index in [1.165, 1.54) is 27.7 Å². The van der Waals surface area contributed by atoms with Crippen LogP contribution < -0.4 is 5.32 Å². The van der Waals surface area contributed by atoms with Crippen LogP contribution in [0.1, 0.15) is 16.8 Å². The Hall–Kier alpha value is -1.32. The Balaban J connectivity index is 1.95. The molecule has 0 atom stereocenters. The Kier molecular flexibility index (Phi) is 3.10. The highest BCUT2D eigenvalue weighted by molar-refractivity contribution is 5.87. The van der Waals surface area contributed by atoms with Gasteiger partial charge >= 0.3 is 0 Å². The van der Waals surface area contributed by atoms with E-state index in [0.717, 1.165) is 32.7 Å². The first kappa shape index (κ1) is 11.8. The zero-order valence-electron chi connectivity index (χ0n) is 11.2. The lowest BCUT2D eigenvalue weighted by Crippen LogP contribution is -2.42. The minimum atomic E-state index is 1.07. The van der Waals surface area contributed by atoms with Gasteiger partial charge in [-0.15, -0.1) is 0 Å². The molecule has 1 aliphatic heterocycles. The van der Waals surface area contributed by atoms with E-state index in [1.54, 1.807) is 0 Å². The summed E-state index contributed by atoms with van der Waals surface area (Å²) in [6.45, 7) is 9.96. The van der Waals surface area contributed by atoms with Crippen molar-refractivity contribution in [1.82, 2.24) is 15.2 Å². The highest BCUT2D eigenvalue weighted by Crippen LogP contribution is 2.25. The monoisotopic (exact) mass is 243 g/mol. The van der Waals surface area contributed by atoms with E-state index in [0.29, 0.717) is 0 Å². The molecule has 0 unspecified atom stereocenters. The van der Waals surface area contributed by atoms with Crippen LogP contribution in [-0.2, 0) is 6.54 Å². The van der Waals surface area contributed by atoms with E-state index in [1.807, 2.05) is 0 Å². The number of benzene rings is 1. The Morgan fingerprint density at radius 3 is 2.72 bits per heavy atom. The number of piperazine rings is 1. The molecule has 3 heteroatoms. The van der Waals surface area contributed by atoms with E-state index in [4.69, 9.17) is 0 Å². The van der Waals surface area contributed by atoms with Crippen LogP contribution in [0.5, 0.6) is 0 Å². The van der Waals surface area contributed by atoms with E-state index in [-0.39, 0.29) is 0 Å². The summed E-state index contributed by atoms with van der Waals surface area (Å²) < 4.78 is 0. The van der Waals surface area contributed by atoms with Gasteiger partial charge in [0.1, 0.15) is 0 Å². The van der Waals surface area contributed by atoms with Crippen LogP contribution in [0, 0.1) is 13.8 Å². The molecule has 1 aromatic heterocycles. The summed E-state index contributed by atoms with van der Waals surface area (Å²) in [6.07, 6.45) is 0. The first-order valence-corrected chi connectivity index (χ1v) is 6.75. The second-order valence-electron chi connectivity index (χ2n) is 5.25. The number of fused-ring (bicyclic) bond motifs is 1. The quantitative estimate of drug-likeness (QED) is 0.847. The lowest BCUT2D eigenvalue weighted by molar-refractivity contribution is 0.233. The number of rotatable bonds is 2. The van der Waals surface area contributed by atoms with Gasteiger partial charge in [0.05, 0.1) is 0 Å². The summed E-state index contributed by atoms with van der Waals surface area (Å²) in [7, 11) is 0. The molecule has 1 fully saturated rings. The van der Waals surface area contributed by atoms with Gasteiger partial charge in [-0.3, -0.25) is 4.90 Å². The molecule has 0 aliphatic carbocycles. The topological polar surface area (TPSA) is 31.1 Å². The molecular formula is C15H21N3. The van der Waals surface area contributed by atoms with Crippen molar-refractivity contribution in [2.75, 3.05) is 26.2 Å². The van der Waals surface area contributed by atoms with E-state index in [2.05, 4.69) is 47.2 Å². The Morgan fingerprint density at radius 1 is 1.17 bits per heavy atom. The van der Waals surface area contributed by atoms with Gasteiger partial charge in [-0.1, -0.05) is 18.2 Å². The van der Waals surface area contributed by atoms with Crippen LogP contribution in [0.4, 0.5) is 0 Å². The van der Waals surface area contributed by atoms with E-state index in [9.17, 15) is 0 Å². The third-order valence-corrected chi connectivity index (χ3v) is 3.95. The fourth-order valence-corrected chi connectivity index (χ4v) is 2.85. The molecule has 3 rings (SSSR count). The molecule has 0 bridgehead atoms. The Bertz CT molecular complexity index is 550. The number of aromatic nitrogens is 1. The molecule has 1 aromatic carbocycles. The Morgan fingerprint density at radius 2 is 1.94 bits per heavy atom. The molecule has 2 aromatic rings.